The van der Waals surface area contributed by atoms with Gasteiger partial charge in [0.2, 0.25) is 11.8 Å². The molecule has 1 saturated heterocycles. The SMILES string of the molecule is O=C(Nc1nnc(Cc2ccccc2)o1)C1CCCN(S(=O)(=O)c2cccs2)C1. The van der Waals surface area contributed by atoms with Gasteiger partial charge in [-0.15, -0.1) is 16.4 Å². The Morgan fingerprint density at radius 2 is 2.03 bits per heavy atom. The third kappa shape index (κ3) is 4.55. The molecule has 1 aliphatic rings. The molecule has 4 rings (SSSR count). The average molecular weight is 433 g/mol. The first kappa shape index (κ1) is 19.7. The van der Waals surface area contributed by atoms with E-state index >= 15 is 0 Å². The summed E-state index contributed by atoms with van der Waals surface area (Å²) in [6.45, 7) is 0.545. The highest BCUT2D eigenvalue weighted by Crippen LogP contribution is 2.27. The zero-order valence-electron chi connectivity index (χ0n) is 15.5. The van der Waals surface area contributed by atoms with Crippen molar-refractivity contribution in [2.45, 2.75) is 23.5 Å². The van der Waals surface area contributed by atoms with Gasteiger partial charge in [0.15, 0.2) is 0 Å². The number of rotatable bonds is 6. The highest BCUT2D eigenvalue weighted by Gasteiger charge is 2.34. The minimum Gasteiger partial charge on any atom is -0.407 e. The number of hydrogen-bond donors (Lipinski definition) is 1. The number of anilines is 1. The van der Waals surface area contributed by atoms with Crippen LogP contribution in [0, 0.1) is 5.92 Å². The molecule has 8 nitrogen and oxygen atoms in total. The van der Waals surface area contributed by atoms with Gasteiger partial charge in [0.1, 0.15) is 4.21 Å². The van der Waals surface area contributed by atoms with E-state index in [4.69, 9.17) is 4.42 Å². The van der Waals surface area contributed by atoms with Crippen molar-refractivity contribution in [1.82, 2.24) is 14.5 Å². The van der Waals surface area contributed by atoms with Crippen molar-refractivity contribution in [2.75, 3.05) is 18.4 Å². The zero-order valence-corrected chi connectivity index (χ0v) is 17.2. The maximum absolute atomic E-state index is 12.7. The highest BCUT2D eigenvalue weighted by atomic mass is 32.2. The number of sulfonamides is 1. The number of carbonyl (C=O) groups is 1. The van der Waals surface area contributed by atoms with Crippen LogP contribution in [0.1, 0.15) is 24.3 Å². The van der Waals surface area contributed by atoms with Gasteiger partial charge in [-0.05, 0) is 29.9 Å². The topological polar surface area (TPSA) is 105 Å². The Kier molecular flexibility index (Phi) is 5.74. The first-order valence-corrected chi connectivity index (χ1v) is 11.5. The summed E-state index contributed by atoms with van der Waals surface area (Å²) >= 11 is 1.18. The van der Waals surface area contributed by atoms with Gasteiger partial charge in [-0.1, -0.05) is 41.5 Å². The van der Waals surface area contributed by atoms with Gasteiger partial charge in [0.25, 0.3) is 10.0 Å². The van der Waals surface area contributed by atoms with Crippen molar-refractivity contribution in [3.63, 3.8) is 0 Å². The summed E-state index contributed by atoms with van der Waals surface area (Å²) in [5.41, 5.74) is 1.02. The van der Waals surface area contributed by atoms with Crippen LogP contribution < -0.4 is 5.32 Å². The van der Waals surface area contributed by atoms with Gasteiger partial charge >= 0.3 is 6.01 Å². The van der Waals surface area contributed by atoms with Crippen molar-refractivity contribution in [1.29, 1.82) is 0 Å². The molecular weight excluding hydrogens is 412 g/mol. The van der Waals surface area contributed by atoms with E-state index in [0.29, 0.717) is 35.9 Å². The molecule has 1 aliphatic heterocycles. The number of amides is 1. The van der Waals surface area contributed by atoms with Crippen molar-refractivity contribution in [3.8, 4) is 0 Å². The predicted octanol–water partition coefficient (Wildman–Crippen LogP) is 2.76. The second kappa shape index (κ2) is 8.44. The Labute approximate surface area is 172 Å². The van der Waals surface area contributed by atoms with E-state index in [1.807, 2.05) is 30.3 Å². The number of aromatic nitrogens is 2. The molecule has 1 unspecified atom stereocenters. The number of nitrogens with one attached hydrogen (secondary N) is 1. The van der Waals surface area contributed by atoms with Gasteiger partial charge in [0.05, 0.1) is 12.3 Å². The third-order valence-corrected chi connectivity index (χ3v) is 7.98. The number of hydrogen-bond acceptors (Lipinski definition) is 7. The van der Waals surface area contributed by atoms with Gasteiger partial charge in [-0.3, -0.25) is 10.1 Å². The molecule has 1 amide bonds. The summed E-state index contributed by atoms with van der Waals surface area (Å²) in [4.78, 5) is 12.6. The smallest absolute Gasteiger partial charge is 0.322 e. The largest absolute Gasteiger partial charge is 0.407 e. The molecular formula is C19H20N4O4S2. The van der Waals surface area contributed by atoms with Crippen LogP contribution in [-0.2, 0) is 21.2 Å². The van der Waals surface area contributed by atoms with Gasteiger partial charge in [-0.25, -0.2) is 8.42 Å². The molecule has 0 bridgehead atoms. The normalized spacial score (nSPS) is 17.9. The molecule has 1 atom stereocenters. The van der Waals surface area contributed by atoms with Crippen LogP contribution in [0.5, 0.6) is 0 Å². The molecule has 29 heavy (non-hydrogen) atoms. The zero-order chi connectivity index (χ0) is 20.3. The molecule has 152 valence electrons. The lowest BCUT2D eigenvalue weighted by molar-refractivity contribution is -0.121. The Balaban J connectivity index is 1.38. The fourth-order valence-corrected chi connectivity index (χ4v) is 5.93. The van der Waals surface area contributed by atoms with E-state index in [1.165, 1.54) is 15.6 Å². The van der Waals surface area contributed by atoms with E-state index in [2.05, 4.69) is 15.5 Å². The fraction of sp³-hybridized carbons (Fsp3) is 0.316. The Morgan fingerprint density at radius 3 is 2.79 bits per heavy atom. The maximum Gasteiger partial charge on any atom is 0.322 e. The minimum absolute atomic E-state index is 0.0270. The molecule has 0 radical (unpaired) electrons. The van der Waals surface area contributed by atoms with Crippen molar-refractivity contribution in [2.24, 2.45) is 5.92 Å². The first-order chi connectivity index (χ1) is 14.0. The summed E-state index contributed by atoms with van der Waals surface area (Å²) in [6, 6.07) is 13.0. The summed E-state index contributed by atoms with van der Waals surface area (Å²) in [6.07, 6.45) is 1.69. The number of nitrogens with zero attached hydrogens (tertiary/aromatic N) is 3. The Hall–Kier alpha value is -2.56. The van der Waals surface area contributed by atoms with Crippen molar-refractivity contribution in [3.05, 3.63) is 59.3 Å². The molecule has 1 N–H and O–H groups in total. The molecule has 10 heteroatoms. The molecule has 0 saturated carbocycles. The molecule has 2 aromatic heterocycles. The second-order valence-electron chi connectivity index (χ2n) is 6.79. The number of thiophene rings is 1. The van der Waals surface area contributed by atoms with Crippen LogP contribution in [0.3, 0.4) is 0 Å². The lowest BCUT2D eigenvalue weighted by atomic mass is 9.99. The maximum atomic E-state index is 12.7. The Bertz CT molecular complexity index is 1060. The summed E-state index contributed by atoms with van der Waals surface area (Å²) < 4.78 is 32.6. The number of benzene rings is 1. The molecule has 3 heterocycles. The lowest BCUT2D eigenvalue weighted by Gasteiger charge is -2.30. The monoisotopic (exact) mass is 432 g/mol. The summed E-state index contributed by atoms with van der Waals surface area (Å²) in [7, 11) is -3.57. The molecule has 0 spiro atoms. The molecule has 1 aromatic carbocycles. The van der Waals surface area contributed by atoms with E-state index in [-0.39, 0.29) is 18.5 Å². The first-order valence-electron chi connectivity index (χ1n) is 9.23. The van der Waals surface area contributed by atoms with Crippen LogP contribution in [0.2, 0.25) is 0 Å². The quantitative estimate of drug-likeness (QED) is 0.642. The standard InChI is InChI=1S/C19H20N4O4S2/c24-18(20-19-22-21-16(27-19)12-14-6-2-1-3-7-14)15-8-4-10-23(13-15)29(25,26)17-9-5-11-28-17/h1-3,5-7,9,11,15H,4,8,10,12-13H2,(H,20,22,24). The van der Waals surface area contributed by atoms with E-state index in [1.54, 1.807) is 17.5 Å². The number of carbonyl (C=O) groups excluding carboxylic acids is 1. The molecule has 3 aromatic rings. The second-order valence-corrected chi connectivity index (χ2v) is 9.90. The summed E-state index contributed by atoms with van der Waals surface area (Å²) in [5, 5.41) is 12.2. The lowest BCUT2D eigenvalue weighted by Crippen LogP contribution is -2.43. The molecule has 0 aliphatic carbocycles. The third-order valence-electron chi connectivity index (χ3n) is 4.74. The van der Waals surface area contributed by atoms with Gasteiger partial charge in [0, 0.05) is 13.1 Å². The van der Waals surface area contributed by atoms with Crippen LogP contribution >= 0.6 is 11.3 Å². The fourth-order valence-electron chi connectivity index (χ4n) is 3.27. The predicted molar refractivity (Wildman–Crippen MR) is 108 cm³/mol. The van der Waals surface area contributed by atoms with Crippen molar-refractivity contribution < 1.29 is 17.6 Å². The van der Waals surface area contributed by atoms with Crippen LogP contribution in [-0.4, -0.2) is 41.9 Å². The average Bonchev–Trinajstić information content (AvgIpc) is 3.42. The van der Waals surface area contributed by atoms with Crippen LogP contribution in [0.15, 0.2) is 56.5 Å². The van der Waals surface area contributed by atoms with Crippen LogP contribution in [0.4, 0.5) is 6.01 Å². The van der Waals surface area contributed by atoms with Crippen LogP contribution in [0.25, 0.3) is 0 Å². The minimum atomic E-state index is -3.57. The summed E-state index contributed by atoms with van der Waals surface area (Å²) in [5.74, 6) is -0.383. The molecule has 1 fully saturated rings. The highest BCUT2D eigenvalue weighted by molar-refractivity contribution is 7.91. The Morgan fingerprint density at radius 1 is 1.21 bits per heavy atom. The van der Waals surface area contributed by atoms with Gasteiger partial charge < -0.3 is 4.42 Å². The van der Waals surface area contributed by atoms with E-state index in [0.717, 1.165) is 5.56 Å². The van der Waals surface area contributed by atoms with E-state index in [9.17, 15) is 13.2 Å². The number of piperidine rings is 1. The van der Waals surface area contributed by atoms with Crippen molar-refractivity contribution >= 4 is 33.3 Å². The van der Waals surface area contributed by atoms with Gasteiger partial charge in [-0.2, -0.15) is 4.31 Å². The van der Waals surface area contributed by atoms with E-state index < -0.39 is 15.9 Å².